The van der Waals surface area contributed by atoms with Crippen LogP contribution < -0.4 is 4.65 Å². The second kappa shape index (κ2) is 7.34. The molecule has 2 N–H and O–H groups in total. The first-order valence-corrected chi connectivity index (χ1v) is 17.3. The first-order valence-electron chi connectivity index (χ1n) is 11.3. The maximum absolute atomic E-state index is 9.49. The van der Waals surface area contributed by atoms with Gasteiger partial charge in [0.05, 0.1) is 16.1 Å². The van der Waals surface area contributed by atoms with Gasteiger partial charge in [0.15, 0.2) is 0 Å². The third-order valence-corrected chi connectivity index (χ3v) is 25.0. The Balaban J connectivity index is 2.55. The molecule has 0 amide bonds. The summed E-state index contributed by atoms with van der Waals surface area (Å²) in [6, 6.07) is 15.0. The molecule has 0 heterocycles. The van der Waals surface area contributed by atoms with Gasteiger partial charge in [-0.1, -0.05) is 98.1 Å². The third-order valence-electron chi connectivity index (χ3n) is 8.88. The third kappa shape index (κ3) is 3.29. The van der Waals surface area contributed by atoms with Crippen LogP contribution in [0.25, 0.3) is 11.1 Å². The van der Waals surface area contributed by atoms with Crippen LogP contribution in [0.5, 0.6) is 5.75 Å². The molecule has 0 fully saturated rings. The molecule has 1 aliphatic rings. The van der Waals surface area contributed by atoms with E-state index >= 15 is 0 Å². The van der Waals surface area contributed by atoms with E-state index in [2.05, 4.69) is 104 Å². The summed E-state index contributed by atoms with van der Waals surface area (Å²) in [7, 11) is -5.93. The Labute approximate surface area is 191 Å². The Morgan fingerprint density at radius 1 is 0.742 bits per heavy atom. The Morgan fingerprint density at radius 2 is 1.23 bits per heavy atom. The highest BCUT2D eigenvalue weighted by Crippen LogP contribution is 2.66. The van der Waals surface area contributed by atoms with Gasteiger partial charge in [-0.3, -0.25) is 0 Å². The van der Waals surface area contributed by atoms with Crippen LogP contribution in [0.2, 0.25) is 36.3 Å². The van der Waals surface area contributed by atoms with Crippen molar-refractivity contribution >= 4 is 23.5 Å². The molecule has 0 unspecified atom stereocenters. The molecule has 0 aromatic heterocycles. The smallest absolute Gasteiger partial charge is 0.512 e. The van der Waals surface area contributed by atoms with Crippen LogP contribution in [0.4, 0.5) is 0 Å². The van der Waals surface area contributed by atoms with Crippen molar-refractivity contribution in [3.63, 3.8) is 0 Å². The van der Waals surface area contributed by atoms with Crippen molar-refractivity contribution in [2.24, 2.45) is 0 Å². The fourth-order valence-electron chi connectivity index (χ4n) is 5.71. The molecule has 0 bridgehead atoms. The normalized spacial score (nSPS) is 16.0. The van der Waals surface area contributed by atoms with Gasteiger partial charge in [-0.05, 0) is 44.5 Å². The van der Waals surface area contributed by atoms with Crippen molar-refractivity contribution < 1.29 is 14.7 Å². The summed E-state index contributed by atoms with van der Waals surface area (Å²) in [5.41, 5.74) is 5.38. The van der Waals surface area contributed by atoms with E-state index in [9.17, 15) is 10.0 Å². The lowest BCUT2D eigenvalue weighted by Crippen LogP contribution is -2.71. The van der Waals surface area contributed by atoms with Gasteiger partial charge in [0.2, 0.25) is 0 Å². The lowest BCUT2D eigenvalue weighted by Gasteiger charge is -2.62. The molecule has 31 heavy (non-hydrogen) atoms. The molecular formula is C25H39BO3Si2. The molecule has 2 aromatic rings. The van der Waals surface area contributed by atoms with E-state index in [-0.39, 0.29) is 14.7 Å². The van der Waals surface area contributed by atoms with Crippen LogP contribution in [-0.4, -0.2) is 33.5 Å². The molecule has 6 heteroatoms. The number of hydrogen-bond acceptors (Lipinski definition) is 3. The topological polar surface area (TPSA) is 49.7 Å². The van der Waals surface area contributed by atoms with Gasteiger partial charge in [-0.2, -0.15) is 0 Å². The van der Waals surface area contributed by atoms with E-state index in [1.54, 1.807) is 0 Å². The summed E-state index contributed by atoms with van der Waals surface area (Å²) < 4.78 is 5.30. The zero-order valence-electron chi connectivity index (χ0n) is 20.9. The standard InChI is InChI=1S/C25H39BO3Si2/c1-23(2,3)30(7,8)25(31(9,10)24(4,5)6)21-14-12-11-13-19(21)20-16-15-18(17-22(20)25)29-26(27)28/h11-17,27-28H,1-10H3. The summed E-state index contributed by atoms with van der Waals surface area (Å²) in [6.07, 6.45) is 0. The largest absolute Gasteiger partial charge is 0.707 e. The molecular weight excluding hydrogens is 415 g/mol. The number of benzene rings is 2. The number of hydrogen-bond donors (Lipinski definition) is 2. The Kier molecular flexibility index (Phi) is 5.75. The highest BCUT2D eigenvalue weighted by molar-refractivity contribution is 7.03. The van der Waals surface area contributed by atoms with Gasteiger partial charge < -0.3 is 14.7 Å². The van der Waals surface area contributed by atoms with Crippen LogP contribution >= 0.6 is 0 Å². The summed E-state index contributed by atoms with van der Waals surface area (Å²) in [6.45, 7) is 24.7. The second-order valence-electron chi connectivity index (χ2n) is 12.2. The van der Waals surface area contributed by atoms with Crippen LogP contribution in [-0.2, 0) is 4.66 Å². The van der Waals surface area contributed by atoms with Gasteiger partial charge in [-0.25, -0.2) is 0 Å². The fraction of sp³-hybridized carbons (Fsp3) is 0.520. The van der Waals surface area contributed by atoms with Crippen molar-refractivity contribution in [1.82, 2.24) is 0 Å². The minimum atomic E-state index is -2.05. The molecule has 2 aromatic carbocycles. The molecule has 168 valence electrons. The maximum Gasteiger partial charge on any atom is 0.707 e. The van der Waals surface area contributed by atoms with Gasteiger partial charge >= 0.3 is 7.32 Å². The van der Waals surface area contributed by atoms with E-state index in [0.717, 1.165) is 0 Å². The number of rotatable bonds is 4. The fourth-order valence-corrected chi connectivity index (χ4v) is 20.0. The molecule has 3 nitrogen and oxygen atoms in total. The Hall–Kier alpha value is -1.34. The summed E-state index contributed by atoms with van der Waals surface area (Å²) in [5, 5.41) is 19.3. The van der Waals surface area contributed by atoms with E-state index in [4.69, 9.17) is 4.65 Å². The minimum absolute atomic E-state index is 0.0673. The van der Waals surface area contributed by atoms with Crippen LogP contribution in [0.15, 0.2) is 42.5 Å². The Morgan fingerprint density at radius 3 is 1.71 bits per heavy atom. The Bertz CT molecular complexity index is 959. The average molecular weight is 455 g/mol. The highest BCUT2D eigenvalue weighted by Gasteiger charge is 2.68. The monoisotopic (exact) mass is 454 g/mol. The summed E-state index contributed by atoms with van der Waals surface area (Å²) in [5.74, 6) is 0.517. The summed E-state index contributed by atoms with van der Waals surface area (Å²) >= 11 is 0. The van der Waals surface area contributed by atoms with Gasteiger partial charge in [-0.15, -0.1) is 0 Å². The van der Waals surface area contributed by atoms with Crippen molar-refractivity contribution in [3.05, 3.63) is 53.6 Å². The SMILES string of the molecule is CC(C)(C)[Si](C)(C)C1([Si](C)(C)C(C)(C)C)c2ccccc2-c2ccc(OB(O)O)cc21. The van der Waals surface area contributed by atoms with Crippen LogP contribution in [0, 0.1) is 0 Å². The molecule has 0 spiro atoms. The molecule has 0 atom stereocenters. The van der Waals surface area contributed by atoms with Gasteiger partial charge in [0.1, 0.15) is 5.75 Å². The van der Waals surface area contributed by atoms with E-state index in [1.165, 1.54) is 22.3 Å². The van der Waals surface area contributed by atoms with Crippen molar-refractivity contribution in [3.8, 4) is 16.9 Å². The van der Waals surface area contributed by atoms with Crippen LogP contribution in [0.3, 0.4) is 0 Å². The molecule has 0 radical (unpaired) electrons. The molecule has 0 aliphatic heterocycles. The van der Waals surface area contributed by atoms with Gasteiger partial charge in [0, 0.05) is 4.66 Å². The van der Waals surface area contributed by atoms with Gasteiger partial charge in [0.25, 0.3) is 0 Å². The molecule has 0 saturated carbocycles. The quantitative estimate of drug-likeness (QED) is 0.526. The zero-order chi connectivity index (χ0) is 23.6. The minimum Gasteiger partial charge on any atom is -0.512 e. The van der Waals surface area contributed by atoms with E-state index in [1.807, 2.05) is 6.07 Å². The van der Waals surface area contributed by atoms with E-state index < -0.39 is 23.5 Å². The summed E-state index contributed by atoms with van der Waals surface area (Å²) in [4.78, 5) is 0. The first kappa shape index (κ1) is 24.3. The van der Waals surface area contributed by atoms with Crippen molar-refractivity contribution in [2.45, 2.75) is 82.5 Å². The lowest BCUT2D eigenvalue weighted by molar-refractivity contribution is 0.288. The van der Waals surface area contributed by atoms with Crippen LogP contribution in [0.1, 0.15) is 52.7 Å². The predicted molar refractivity (Wildman–Crippen MR) is 138 cm³/mol. The lowest BCUT2D eigenvalue weighted by atomic mass is 10.1. The second-order valence-corrected chi connectivity index (χ2v) is 23.7. The highest BCUT2D eigenvalue weighted by atomic mass is 28.4. The molecule has 3 rings (SSSR count). The maximum atomic E-state index is 9.49. The number of fused-ring (bicyclic) bond motifs is 3. The zero-order valence-corrected chi connectivity index (χ0v) is 22.9. The van der Waals surface area contributed by atoms with Crippen molar-refractivity contribution in [1.29, 1.82) is 0 Å². The first-order chi connectivity index (χ1) is 14.0. The molecule has 1 aliphatic carbocycles. The van der Waals surface area contributed by atoms with E-state index in [0.29, 0.717) is 5.75 Å². The van der Waals surface area contributed by atoms with Crippen molar-refractivity contribution in [2.75, 3.05) is 0 Å². The average Bonchev–Trinajstić information content (AvgIpc) is 2.90. The molecule has 0 saturated heterocycles. The predicted octanol–water partition coefficient (Wildman–Crippen LogP) is 6.40.